The minimum atomic E-state index is -4.66. The molecule has 3 N–H and O–H groups in total. The average molecular weight is 506 g/mol. The van der Waals surface area contributed by atoms with Crippen LogP contribution >= 0.6 is 0 Å². The maximum Gasteiger partial charge on any atom is 0.418 e. The fourth-order valence-corrected chi connectivity index (χ4v) is 4.20. The van der Waals surface area contributed by atoms with Crippen molar-refractivity contribution in [2.24, 2.45) is 0 Å². The summed E-state index contributed by atoms with van der Waals surface area (Å²) < 4.78 is 44.2. The highest BCUT2D eigenvalue weighted by Crippen LogP contribution is 2.38. The fourth-order valence-electron chi connectivity index (χ4n) is 4.20. The summed E-state index contributed by atoms with van der Waals surface area (Å²) in [6, 6.07) is 15.6. The van der Waals surface area contributed by atoms with Crippen molar-refractivity contribution in [3.8, 4) is 11.3 Å². The van der Waals surface area contributed by atoms with Crippen molar-refractivity contribution in [3.05, 3.63) is 95.2 Å². The Bertz CT molecular complexity index is 1620. The van der Waals surface area contributed by atoms with Crippen LogP contribution in [-0.4, -0.2) is 30.1 Å². The number of carbonyl (C=O) groups excluding carboxylic acids is 1. The van der Waals surface area contributed by atoms with Crippen LogP contribution < -0.4 is 11.1 Å². The van der Waals surface area contributed by atoms with Gasteiger partial charge in [0, 0.05) is 17.7 Å². The second-order valence-electron chi connectivity index (χ2n) is 8.62. The summed E-state index contributed by atoms with van der Waals surface area (Å²) in [4.78, 5) is 21.3. The van der Waals surface area contributed by atoms with E-state index in [-0.39, 0.29) is 17.0 Å². The number of rotatable bonds is 5. The van der Waals surface area contributed by atoms with Crippen LogP contribution in [0.3, 0.4) is 0 Å². The molecule has 0 atom stereocenters. The zero-order valence-electron chi connectivity index (χ0n) is 19.9. The van der Waals surface area contributed by atoms with Crippen LogP contribution in [0.2, 0.25) is 0 Å². The zero-order chi connectivity index (χ0) is 26.3. The van der Waals surface area contributed by atoms with Crippen molar-refractivity contribution in [2.45, 2.75) is 26.6 Å². The van der Waals surface area contributed by atoms with E-state index in [4.69, 9.17) is 5.73 Å². The first-order chi connectivity index (χ1) is 17.6. The molecule has 11 heteroatoms. The van der Waals surface area contributed by atoms with Gasteiger partial charge in [0.05, 0.1) is 23.3 Å². The first-order valence-electron chi connectivity index (χ1n) is 11.3. The number of imidazole rings is 1. The Balaban J connectivity index is 1.48. The lowest BCUT2D eigenvalue weighted by atomic mass is 10.0. The number of alkyl halides is 3. The van der Waals surface area contributed by atoms with Crippen molar-refractivity contribution in [3.63, 3.8) is 0 Å². The summed E-state index contributed by atoms with van der Waals surface area (Å²) in [5, 5.41) is 6.80. The lowest BCUT2D eigenvalue weighted by molar-refractivity contribution is -0.136. The second-order valence-corrected chi connectivity index (χ2v) is 8.62. The number of nitrogens with two attached hydrogens (primary N) is 1. The average Bonchev–Trinajstić information content (AvgIpc) is 3.42. The third kappa shape index (κ3) is 4.51. The highest BCUT2D eigenvalue weighted by Gasteiger charge is 2.36. The van der Waals surface area contributed by atoms with Gasteiger partial charge in [-0.3, -0.25) is 4.79 Å². The number of anilines is 2. The van der Waals surface area contributed by atoms with E-state index >= 15 is 0 Å². The lowest BCUT2D eigenvalue weighted by Crippen LogP contribution is -2.15. The number of amides is 1. The summed E-state index contributed by atoms with van der Waals surface area (Å²) in [7, 11) is 0. The Morgan fingerprint density at radius 2 is 1.81 bits per heavy atom. The summed E-state index contributed by atoms with van der Waals surface area (Å²) in [6.07, 6.45) is -1.93. The molecule has 0 fully saturated rings. The van der Waals surface area contributed by atoms with E-state index < -0.39 is 17.6 Å². The third-order valence-electron chi connectivity index (χ3n) is 6.19. The first kappa shape index (κ1) is 24.0. The quantitative estimate of drug-likeness (QED) is 0.346. The lowest BCUT2D eigenvalue weighted by Gasteiger charge is -2.10. The number of aromatic nitrogens is 5. The summed E-state index contributed by atoms with van der Waals surface area (Å²) in [5.74, 6) is -0.322. The Morgan fingerprint density at radius 1 is 1.05 bits per heavy atom. The molecule has 8 nitrogen and oxygen atoms in total. The molecule has 0 aliphatic carbocycles. The molecule has 0 saturated heterocycles. The predicted octanol–water partition coefficient (Wildman–Crippen LogP) is 5.11. The smallest absolute Gasteiger partial charge is 0.382 e. The van der Waals surface area contributed by atoms with E-state index in [1.165, 1.54) is 6.07 Å². The van der Waals surface area contributed by atoms with Gasteiger partial charge in [-0.15, -0.1) is 0 Å². The standard InChI is InChI=1S/C26H22F3N7O/c1-15-8-9-18(21-11-20(26(27,28)29)22-23(30)31-13-33-36(21)22)10-19(15)25(37)34-24-16(2)35(14-32-24)12-17-6-4-3-5-7-17/h3-11,13-14H,12H2,1-2H3,(H,34,37)(H2,30,31,33). The third-order valence-corrected chi connectivity index (χ3v) is 6.19. The normalized spacial score (nSPS) is 11.7. The molecular formula is C26H22F3N7O. The number of carbonyl (C=O) groups is 1. The van der Waals surface area contributed by atoms with E-state index in [0.717, 1.165) is 28.2 Å². The SMILES string of the molecule is Cc1ccc(-c2cc(C(F)(F)F)c3c(N)ncnn23)cc1C(=O)Nc1ncn(Cc2ccccc2)c1C. The van der Waals surface area contributed by atoms with Gasteiger partial charge in [-0.1, -0.05) is 42.5 Å². The number of hydrogen-bond donors (Lipinski definition) is 2. The van der Waals surface area contributed by atoms with Crippen LogP contribution in [0.15, 0.2) is 67.3 Å². The van der Waals surface area contributed by atoms with E-state index in [2.05, 4.69) is 20.4 Å². The van der Waals surface area contributed by atoms with Crippen molar-refractivity contribution in [2.75, 3.05) is 11.1 Å². The first-order valence-corrected chi connectivity index (χ1v) is 11.3. The van der Waals surface area contributed by atoms with Crippen LogP contribution in [0, 0.1) is 13.8 Å². The van der Waals surface area contributed by atoms with Gasteiger partial charge < -0.3 is 15.6 Å². The van der Waals surface area contributed by atoms with Gasteiger partial charge in [-0.25, -0.2) is 14.5 Å². The molecule has 0 aliphatic heterocycles. The van der Waals surface area contributed by atoms with Crippen LogP contribution in [0.1, 0.15) is 32.7 Å². The largest absolute Gasteiger partial charge is 0.418 e. The summed E-state index contributed by atoms with van der Waals surface area (Å²) in [6.45, 7) is 4.19. The highest BCUT2D eigenvalue weighted by atomic mass is 19.4. The van der Waals surface area contributed by atoms with E-state index in [1.54, 1.807) is 25.4 Å². The van der Waals surface area contributed by atoms with Crippen molar-refractivity contribution < 1.29 is 18.0 Å². The van der Waals surface area contributed by atoms with Gasteiger partial charge in [-0.2, -0.15) is 18.3 Å². The van der Waals surface area contributed by atoms with Crippen LogP contribution in [0.5, 0.6) is 0 Å². The number of hydrogen-bond acceptors (Lipinski definition) is 5. The van der Waals surface area contributed by atoms with Crippen LogP contribution in [0.25, 0.3) is 16.8 Å². The Hall–Kier alpha value is -4.67. The van der Waals surface area contributed by atoms with Crippen molar-refractivity contribution in [1.29, 1.82) is 0 Å². The minimum absolute atomic E-state index is 0.133. The number of aryl methyl sites for hydroxylation is 1. The van der Waals surface area contributed by atoms with E-state index in [0.29, 0.717) is 29.1 Å². The van der Waals surface area contributed by atoms with Crippen molar-refractivity contribution in [1.82, 2.24) is 24.1 Å². The molecule has 0 aliphatic rings. The van der Waals surface area contributed by atoms with E-state index in [9.17, 15) is 18.0 Å². The molecule has 0 spiro atoms. The Morgan fingerprint density at radius 3 is 2.54 bits per heavy atom. The number of benzene rings is 2. The molecule has 0 saturated carbocycles. The molecule has 0 bridgehead atoms. The molecule has 5 rings (SSSR count). The molecule has 37 heavy (non-hydrogen) atoms. The van der Waals surface area contributed by atoms with Gasteiger partial charge in [-0.05, 0) is 37.1 Å². The number of nitrogens with one attached hydrogen (secondary N) is 1. The number of fused-ring (bicyclic) bond motifs is 1. The van der Waals surface area contributed by atoms with Gasteiger partial charge >= 0.3 is 6.18 Å². The molecule has 3 aromatic heterocycles. The fraction of sp³-hybridized carbons (Fsp3) is 0.154. The summed E-state index contributed by atoms with van der Waals surface area (Å²) >= 11 is 0. The number of nitrogens with zero attached hydrogens (tertiary/aromatic N) is 5. The Labute approximate surface area is 209 Å². The van der Waals surface area contributed by atoms with Crippen LogP contribution in [-0.2, 0) is 12.7 Å². The molecular weight excluding hydrogens is 483 g/mol. The zero-order valence-corrected chi connectivity index (χ0v) is 19.9. The monoisotopic (exact) mass is 505 g/mol. The van der Waals surface area contributed by atoms with E-state index in [1.807, 2.05) is 41.8 Å². The molecule has 3 heterocycles. The van der Waals surface area contributed by atoms with Gasteiger partial charge in [0.1, 0.15) is 11.8 Å². The topological polar surface area (TPSA) is 103 Å². The highest BCUT2D eigenvalue weighted by molar-refractivity contribution is 6.05. The van der Waals surface area contributed by atoms with Gasteiger partial charge in [0.2, 0.25) is 0 Å². The number of nitrogen functional groups attached to an aromatic ring is 1. The molecule has 1 amide bonds. The van der Waals surface area contributed by atoms with Gasteiger partial charge in [0.15, 0.2) is 11.6 Å². The van der Waals surface area contributed by atoms with Crippen molar-refractivity contribution >= 4 is 23.1 Å². The minimum Gasteiger partial charge on any atom is -0.382 e. The van der Waals surface area contributed by atoms with Gasteiger partial charge in [0.25, 0.3) is 5.91 Å². The molecule has 188 valence electrons. The molecule has 2 aromatic carbocycles. The maximum atomic E-state index is 13.7. The predicted molar refractivity (Wildman–Crippen MR) is 133 cm³/mol. The van der Waals surface area contributed by atoms with Crippen LogP contribution in [0.4, 0.5) is 24.8 Å². The Kier molecular flexibility index (Phi) is 5.90. The summed E-state index contributed by atoms with van der Waals surface area (Å²) in [5.41, 5.74) is 7.76. The second kappa shape index (κ2) is 9.08. The molecule has 5 aromatic rings. The molecule has 0 unspecified atom stereocenters. The number of halogens is 3. The maximum absolute atomic E-state index is 13.7. The molecule has 0 radical (unpaired) electrons.